The van der Waals surface area contributed by atoms with E-state index in [1.807, 2.05) is 43.3 Å². The Labute approximate surface area is 244 Å². The summed E-state index contributed by atoms with van der Waals surface area (Å²) in [7, 11) is 2.81. The second-order valence-electron chi connectivity index (χ2n) is 9.72. The lowest BCUT2D eigenvalue weighted by atomic mass is 10.0. The van der Waals surface area contributed by atoms with Crippen molar-refractivity contribution in [3.63, 3.8) is 0 Å². The van der Waals surface area contributed by atoms with Crippen LogP contribution in [0.1, 0.15) is 20.1 Å². The summed E-state index contributed by atoms with van der Waals surface area (Å²) in [5.74, 6) is 0.264. The van der Waals surface area contributed by atoms with Crippen LogP contribution in [0.3, 0.4) is 0 Å². The van der Waals surface area contributed by atoms with Gasteiger partial charge in [0.2, 0.25) is 11.8 Å². The Kier molecular flexibility index (Phi) is 9.87. The fraction of sp³-hybridized carbons (Fsp3) is 0.310. The number of phosphoric ester groups is 1. The van der Waals surface area contributed by atoms with Crippen molar-refractivity contribution in [3.05, 3.63) is 67.4 Å². The fourth-order valence-electron chi connectivity index (χ4n) is 4.29. The van der Waals surface area contributed by atoms with Crippen molar-refractivity contribution in [2.45, 2.75) is 20.1 Å². The molecule has 0 radical (unpaired) electrons. The van der Waals surface area contributed by atoms with Gasteiger partial charge in [0, 0.05) is 72.6 Å². The monoisotopic (exact) mass is 594 g/mol. The average molecular weight is 595 g/mol. The normalized spacial score (nSPS) is 13.9. The Bertz CT molecular complexity index is 1640. The van der Waals surface area contributed by atoms with Gasteiger partial charge in [-0.15, -0.1) is 0 Å². The minimum absolute atomic E-state index is 0.0247. The molecule has 0 saturated heterocycles. The van der Waals surface area contributed by atoms with Crippen LogP contribution in [0.2, 0.25) is 0 Å². The van der Waals surface area contributed by atoms with Gasteiger partial charge in [0.15, 0.2) is 0 Å². The highest BCUT2D eigenvalue weighted by atomic mass is 31.2. The Morgan fingerprint density at radius 3 is 2.60 bits per heavy atom. The van der Waals surface area contributed by atoms with Crippen LogP contribution in [0.25, 0.3) is 33.3 Å². The van der Waals surface area contributed by atoms with E-state index in [4.69, 9.17) is 18.8 Å². The molecule has 0 bridgehead atoms. The summed E-state index contributed by atoms with van der Waals surface area (Å²) < 4.78 is 29.7. The van der Waals surface area contributed by atoms with Gasteiger partial charge in [-0.2, -0.15) is 0 Å². The lowest BCUT2D eigenvalue weighted by Crippen LogP contribution is -2.24. The van der Waals surface area contributed by atoms with E-state index in [9.17, 15) is 14.3 Å². The van der Waals surface area contributed by atoms with Gasteiger partial charge in [0.25, 0.3) is 0 Å². The minimum Gasteiger partial charge on any atom is -0.481 e. The Hall–Kier alpha value is -3.93. The number of rotatable bonds is 12. The molecule has 0 fully saturated rings. The molecule has 0 aliphatic heterocycles. The Morgan fingerprint density at radius 2 is 1.88 bits per heavy atom. The van der Waals surface area contributed by atoms with E-state index in [2.05, 4.69) is 9.97 Å². The molecule has 0 saturated carbocycles. The number of methoxy groups -OCH3 is 1. The third-order valence-electron chi connectivity index (χ3n) is 6.40. The van der Waals surface area contributed by atoms with Crippen LogP contribution in [0, 0.1) is 0 Å². The number of hydrogen-bond acceptors (Lipinski definition) is 9. The van der Waals surface area contributed by atoms with Gasteiger partial charge < -0.3 is 24.0 Å². The maximum Gasteiger partial charge on any atom is 0.474 e. The van der Waals surface area contributed by atoms with E-state index in [1.165, 1.54) is 18.1 Å². The molecule has 0 aliphatic carbocycles. The summed E-state index contributed by atoms with van der Waals surface area (Å²) in [6.07, 6.45) is 10.9. The number of ether oxygens (including phenoxy) is 1. The molecular formula is C29H35N6O6P. The highest BCUT2D eigenvalue weighted by molar-refractivity contribution is 7.47. The highest BCUT2D eigenvalue weighted by Gasteiger charge is 2.26. The zero-order valence-electron chi connectivity index (χ0n) is 24.5. The van der Waals surface area contributed by atoms with Gasteiger partial charge >= 0.3 is 7.82 Å². The zero-order valence-corrected chi connectivity index (χ0v) is 25.4. The number of phosphoric acid groups is 1. The first-order valence-electron chi connectivity index (χ1n) is 13.2. The van der Waals surface area contributed by atoms with Gasteiger partial charge in [0.1, 0.15) is 11.9 Å². The van der Waals surface area contributed by atoms with Gasteiger partial charge in [-0.3, -0.25) is 18.8 Å². The van der Waals surface area contributed by atoms with Gasteiger partial charge in [-0.05, 0) is 51.7 Å². The van der Waals surface area contributed by atoms with Crippen LogP contribution < -0.4 is 9.64 Å². The van der Waals surface area contributed by atoms with Crippen molar-refractivity contribution in [2.75, 3.05) is 46.3 Å². The maximum absolute atomic E-state index is 12.7. The lowest BCUT2D eigenvalue weighted by Gasteiger charge is -2.19. The number of carbonyl (C=O) groups excluding carboxylic acids is 1. The van der Waals surface area contributed by atoms with Crippen molar-refractivity contribution < 1.29 is 28.0 Å². The van der Waals surface area contributed by atoms with Crippen LogP contribution >= 0.6 is 7.82 Å². The topological polar surface area (TPSA) is 132 Å². The molecule has 1 amide bonds. The van der Waals surface area contributed by atoms with Crippen LogP contribution in [0.5, 0.6) is 5.88 Å². The fourth-order valence-corrected chi connectivity index (χ4v) is 5.17. The molecule has 0 spiro atoms. The van der Waals surface area contributed by atoms with Crippen LogP contribution in [0.4, 0.5) is 5.69 Å². The molecule has 0 aliphatic rings. The first-order chi connectivity index (χ1) is 20.0. The standard InChI is InChI=1S/C29H35N6O6P/c1-7-40-42(37,38)41-20(2)35-19-26(21-10-11-31-27(15-21)39-6)25-14-23(17-32-29(25)35)22-13-24(18-30-16-22)34(5)28(36)9-8-12-33(3)4/h8-11,13-20H,7,12H2,1-6H3,(H,37,38)/b9-8+. The van der Waals surface area contributed by atoms with E-state index in [1.54, 1.807) is 62.5 Å². The molecule has 4 heterocycles. The first-order valence-corrected chi connectivity index (χ1v) is 14.7. The van der Waals surface area contributed by atoms with E-state index < -0.39 is 14.1 Å². The summed E-state index contributed by atoms with van der Waals surface area (Å²) in [6.45, 7) is 3.93. The van der Waals surface area contributed by atoms with Gasteiger partial charge in [-0.1, -0.05) is 6.08 Å². The van der Waals surface area contributed by atoms with Crippen molar-refractivity contribution in [3.8, 4) is 28.1 Å². The number of anilines is 1. The summed E-state index contributed by atoms with van der Waals surface area (Å²) in [6, 6.07) is 7.45. The molecule has 4 rings (SSSR count). The molecule has 2 atom stereocenters. The molecule has 4 aromatic heterocycles. The van der Waals surface area contributed by atoms with E-state index in [-0.39, 0.29) is 12.5 Å². The Balaban J connectivity index is 1.77. The van der Waals surface area contributed by atoms with E-state index in [0.29, 0.717) is 23.8 Å². The van der Waals surface area contributed by atoms with Crippen molar-refractivity contribution in [1.82, 2.24) is 24.4 Å². The van der Waals surface area contributed by atoms with Crippen molar-refractivity contribution in [2.24, 2.45) is 0 Å². The highest BCUT2D eigenvalue weighted by Crippen LogP contribution is 2.47. The number of likely N-dealkylation sites (N-methyl/N-ethyl adjacent to an activating group) is 2. The average Bonchev–Trinajstić information content (AvgIpc) is 3.35. The zero-order chi connectivity index (χ0) is 30.4. The van der Waals surface area contributed by atoms with Crippen molar-refractivity contribution in [1.29, 1.82) is 0 Å². The SMILES string of the molecule is CCOP(=O)(O)OC(C)n1cc(-c2ccnc(OC)c2)c2cc(-c3cncc(N(C)C(=O)/C=C/CN(C)C)c3)cnc21. The minimum atomic E-state index is -4.29. The third-order valence-corrected chi connectivity index (χ3v) is 7.56. The number of nitrogens with zero attached hydrogens (tertiary/aromatic N) is 6. The summed E-state index contributed by atoms with van der Waals surface area (Å²) >= 11 is 0. The number of carbonyl (C=O) groups is 1. The van der Waals surface area contributed by atoms with Crippen LogP contribution in [-0.2, 0) is 18.4 Å². The predicted molar refractivity (Wildman–Crippen MR) is 161 cm³/mol. The Morgan fingerprint density at radius 1 is 1.12 bits per heavy atom. The second-order valence-corrected chi connectivity index (χ2v) is 11.1. The molecule has 1 N–H and O–H groups in total. The van der Waals surface area contributed by atoms with Crippen LogP contribution in [0.15, 0.2) is 67.4 Å². The largest absolute Gasteiger partial charge is 0.481 e. The molecule has 0 aromatic carbocycles. The van der Waals surface area contributed by atoms with E-state index in [0.717, 1.165) is 27.6 Å². The smallest absolute Gasteiger partial charge is 0.474 e. The second kappa shape index (κ2) is 13.4. The predicted octanol–water partition coefficient (Wildman–Crippen LogP) is 4.92. The maximum atomic E-state index is 12.7. The summed E-state index contributed by atoms with van der Waals surface area (Å²) in [5.41, 5.74) is 4.25. The van der Waals surface area contributed by atoms with Gasteiger partial charge in [0.05, 0.1) is 25.6 Å². The molecule has 222 valence electrons. The number of aromatic nitrogens is 4. The first kappa shape index (κ1) is 31.0. The number of fused-ring (bicyclic) bond motifs is 1. The number of amides is 1. The molecule has 42 heavy (non-hydrogen) atoms. The molecule has 2 unspecified atom stereocenters. The summed E-state index contributed by atoms with van der Waals surface area (Å²) in [4.78, 5) is 39.6. The van der Waals surface area contributed by atoms with Gasteiger partial charge in [-0.25, -0.2) is 14.5 Å². The number of hydrogen-bond donors (Lipinski definition) is 1. The third kappa shape index (κ3) is 7.28. The quantitative estimate of drug-likeness (QED) is 0.178. The molecule has 13 heteroatoms. The lowest BCUT2D eigenvalue weighted by molar-refractivity contribution is -0.113. The van der Waals surface area contributed by atoms with Crippen molar-refractivity contribution >= 4 is 30.5 Å². The van der Waals surface area contributed by atoms with Crippen LogP contribution in [-0.4, -0.2) is 76.6 Å². The number of pyridine rings is 3. The molecular weight excluding hydrogens is 559 g/mol. The molecule has 12 nitrogen and oxygen atoms in total. The summed E-state index contributed by atoms with van der Waals surface area (Å²) in [5, 5.41) is 0.752. The van der Waals surface area contributed by atoms with E-state index >= 15 is 0 Å². The molecule has 4 aromatic rings.